The molecule has 200 valence electrons. The van der Waals surface area contributed by atoms with Gasteiger partial charge in [-0.25, -0.2) is 0 Å². The van der Waals surface area contributed by atoms with Crippen LogP contribution in [0, 0.1) is 5.92 Å². The number of anilines is 1. The van der Waals surface area contributed by atoms with Crippen molar-refractivity contribution >= 4 is 23.4 Å². The third-order valence-corrected chi connectivity index (χ3v) is 6.40. The summed E-state index contributed by atoms with van der Waals surface area (Å²) in [5.41, 5.74) is 1.60. The topological polar surface area (TPSA) is 110 Å². The molecule has 0 spiro atoms. The molecule has 3 rings (SSSR count). The number of fused-ring (bicyclic) bond motifs is 1. The lowest BCUT2D eigenvalue weighted by atomic mass is 10.0. The minimum atomic E-state index is -0.331. The molecule has 1 aliphatic heterocycles. The van der Waals surface area contributed by atoms with Crippen LogP contribution in [0.25, 0.3) is 0 Å². The van der Waals surface area contributed by atoms with E-state index < -0.39 is 0 Å². The molecule has 1 N–H and O–H groups in total. The fraction of sp³-hybridized carbons (Fsp3) is 0.481. The van der Waals surface area contributed by atoms with E-state index in [-0.39, 0.29) is 55.4 Å². The van der Waals surface area contributed by atoms with Crippen LogP contribution in [0.4, 0.5) is 5.69 Å². The van der Waals surface area contributed by atoms with Gasteiger partial charge in [-0.2, -0.15) is 0 Å². The van der Waals surface area contributed by atoms with Crippen molar-refractivity contribution in [1.82, 2.24) is 14.8 Å². The number of carbonyl (C=O) groups excluding carboxylic acids is 3. The number of pyridine rings is 1. The van der Waals surface area contributed by atoms with Gasteiger partial charge in [0.25, 0.3) is 5.91 Å². The number of likely N-dealkylation sites (N-methyl/N-ethyl adjacent to an activating group) is 1. The molecule has 1 aliphatic rings. The SMILES string of the molecule is COCC(=O)Nc1ccc2c(c1)C(=O)N(C)C[C@H](OC)[C@@H](C)CN(C(=O)Cc1cccnc1)[C@@H](C)CO2. The van der Waals surface area contributed by atoms with E-state index >= 15 is 0 Å². The van der Waals surface area contributed by atoms with Crippen molar-refractivity contribution in [3.63, 3.8) is 0 Å². The summed E-state index contributed by atoms with van der Waals surface area (Å²) in [5.74, 6) is -0.315. The number of carbonyl (C=O) groups is 3. The molecule has 3 amide bonds. The Morgan fingerprint density at radius 3 is 2.65 bits per heavy atom. The van der Waals surface area contributed by atoms with Gasteiger partial charge >= 0.3 is 0 Å². The van der Waals surface area contributed by atoms with E-state index in [2.05, 4.69) is 10.3 Å². The normalized spacial score (nSPS) is 20.8. The second-order valence-corrected chi connectivity index (χ2v) is 9.37. The van der Waals surface area contributed by atoms with Gasteiger partial charge in [0.1, 0.15) is 19.0 Å². The van der Waals surface area contributed by atoms with E-state index in [1.807, 2.05) is 30.9 Å². The van der Waals surface area contributed by atoms with Crippen LogP contribution in [0.1, 0.15) is 29.8 Å². The molecule has 10 heteroatoms. The lowest BCUT2D eigenvalue weighted by Gasteiger charge is -2.36. The number of rotatable bonds is 6. The Labute approximate surface area is 217 Å². The van der Waals surface area contributed by atoms with E-state index in [4.69, 9.17) is 14.2 Å². The summed E-state index contributed by atoms with van der Waals surface area (Å²) in [7, 11) is 4.74. The van der Waals surface area contributed by atoms with Crippen molar-refractivity contribution in [1.29, 1.82) is 0 Å². The number of methoxy groups -OCH3 is 2. The van der Waals surface area contributed by atoms with Crippen LogP contribution < -0.4 is 10.1 Å². The molecule has 0 saturated carbocycles. The van der Waals surface area contributed by atoms with Crippen molar-refractivity contribution in [3.05, 3.63) is 53.9 Å². The molecular formula is C27H36N4O6. The zero-order valence-corrected chi connectivity index (χ0v) is 22.1. The van der Waals surface area contributed by atoms with Crippen LogP contribution in [-0.2, 0) is 25.5 Å². The third kappa shape index (κ3) is 7.50. The van der Waals surface area contributed by atoms with Gasteiger partial charge < -0.3 is 29.3 Å². The zero-order valence-electron chi connectivity index (χ0n) is 22.1. The summed E-state index contributed by atoms with van der Waals surface area (Å²) < 4.78 is 16.7. The maximum absolute atomic E-state index is 13.4. The van der Waals surface area contributed by atoms with E-state index in [1.54, 1.807) is 49.7 Å². The molecule has 0 aliphatic carbocycles. The quantitative estimate of drug-likeness (QED) is 0.632. The van der Waals surface area contributed by atoms with Crippen molar-refractivity contribution in [3.8, 4) is 5.75 Å². The highest BCUT2D eigenvalue weighted by Gasteiger charge is 2.30. The van der Waals surface area contributed by atoms with Gasteiger partial charge in [-0.1, -0.05) is 13.0 Å². The van der Waals surface area contributed by atoms with Gasteiger partial charge in [-0.05, 0) is 36.8 Å². The molecule has 2 heterocycles. The van der Waals surface area contributed by atoms with Gasteiger partial charge in [0, 0.05) is 58.4 Å². The Balaban J connectivity index is 1.92. The number of ether oxygens (including phenoxy) is 3. The number of benzene rings is 1. The van der Waals surface area contributed by atoms with Crippen LogP contribution in [0.15, 0.2) is 42.7 Å². The largest absolute Gasteiger partial charge is 0.491 e. The van der Waals surface area contributed by atoms with E-state index in [1.165, 1.54) is 7.11 Å². The van der Waals surface area contributed by atoms with Gasteiger partial charge in [-0.3, -0.25) is 19.4 Å². The smallest absolute Gasteiger partial charge is 0.257 e. The predicted octanol–water partition coefficient (Wildman–Crippen LogP) is 2.24. The van der Waals surface area contributed by atoms with Crippen molar-refractivity contribution in [2.45, 2.75) is 32.4 Å². The minimum absolute atomic E-state index is 0.0382. The highest BCUT2D eigenvalue weighted by atomic mass is 16.5. The van der Waals surface area contributed by atoms with Crippen molar-refractivity contribution in [2.75, 3.05) is 52.9 Å². The number of hydrogen-bond acceptors (Lipinski definition) is 7. The molecule has 0 unspecified atom stereocenters. The summed E-state index contributed by atoms with van der Waals surface area (Å²) in [6.45, 7) is 4.77. The molecule has 1 aromatic carbocycles. The Morgan fingerprint density at radius 1 is 1.19 bits per heavy atom. The molecular weight excluding hydrogens is 476 g/mol. The fourth-order valence-corrected chi connectivity index (χ4v) is 4.31. The van der Waals surface area contributed by atoms with E-state index in [0.717, 1.165) is 5.56 Å². The summed E-state index contributed by atoms with van der Waals surface area (Å²) in [6.07, 6.45) is 3.29. The summed E-state index contributed by atoms with van der Waals surface area (Å²) in [5, 5.41) is 2.72. The van der Waals surface area contributed by atoms with Crippen LogP contribution in [0.3, 0.4) is 0 Å². The molecule has 0 radical (unpaired) electrons. The number of amides is 3. The number of aromatic nitrogens is 1. The van der Waals surface area contributed by atoms with Gasteiger partial charge in [0.15, 0.2) is 0 Å². The van der Waals surface area contributed by atoms with E-state index in [9.17, 15) is 14.4 Å². The van der Waals surface area contributed by atoms with Gasteiger partial charge in [0.05, 0.1) is 24.1 Å². The maximum atomic E-state index is 13.4. The first-order valence-corrected chi connectivity index (χ1v) is 12.3. The number of nitrogens with zero attached hydrogens (tertiary/aromatic N) is 3. The number of nitrogens with one attached hydrogen (secondary N) is 1. The molecule has 0 fully saturated rings. The predicted molar refractivity (Wildman–Crippen MR) is 138 cm³/mol. The van der Waals surface area contributed by atoms with E-state index in [0.29, 0.717) is 30.1 Å². The zero-order chi connectivity index (χ0) is 26.9. The minimum Gasteiger partial charge on any atom is -0.491 e. The molecule has 10 nitrogen and oxygen atoms in total. The maximum Gasteiger partial charge on any atom is 0.257 e. The Hall–Kier alpha value is -3.50. The first kappa shape index (κ1) is 28.1. The molecule has 0 bridgehead atoms. The van der Waals surface area contributed by atoms with Gasteiger partial charge in [0.2, 0.25) is 11.8 Å². The molecule has 2 aromatic rings. The lowest BCUT2D eigenvalue weighted by Crippen LogP contribution is -2.49. The summed E-state index contributed by atoms with van der Waals surface area (Å²) in [6, 6.07) is 8.33. The fourth-order valence-electron chi connectivity index (χ4n) is 4.31. The highest BCUT2D eigenvalue weighted by Crippen LogP contribution is 2.26. The monoisotopic (exact) mass is 512 g/mol. The van der Waals surface area contributed by atoms with Crippen LogP contribution in [-0.4, -0.2) is 92.2 Å². The molecule has 3 atom stereocenters. The first-order valence-electron chi connectivity index (χ1n) is 12.3. The standard InChI is InChI=1S/C27H36N4O6/c1-18-14-31(26(33)11-20-7-6-10-28-13-20)19(2)16-37-23-9-8-21(29-25(32)17-35-4)12-22(23)27(34)30(3)15-24(18)36-5/h6-10,12-13,18-19,24H,11,14-17H2,1-5H3,(H,29,32)/t18-,19-,24-/m0/s1. The Morgan fingerprint density at radius 2 is 1.97 bits per heavy atom. The van der Waals surface area contributed by atoms with Gasteiger partial charge in [-0.15, -0.1) is 0 Å². The van der Waals surface area contributed by atoms with Crippen LogP contribution in [0.2, 0.25) is 0 Å². The van der Waals surface area contributed by atoms with Crippen LogP contribution >= 0.6 is 0 Å². The average molecular weight is 513 g/mol. The lowest BCUT2D eigenvalue weighted by molar-refractivity contribution is -0.134. The summed E-state index contributed by atoms with van der Waals surface area (Å²) >= 11 is 0. The molecule has 1 aromatic heterocycles. The third-order valence-electron chi connectivity index (χ3n) is 6.40. The second kappa shape index (κ2) is 13.2. The van der Waals surface area contributed by atoms with Crippen molar-refractivity contribution in [2.24, 2.45) is 5.92 Å². The first-order chi connectivity index (χ1) is 17.7. The Kier molecular flexibility index (Phi) is 9.99. The molecule has 37 heavy (non-hydrogen) atoms. The average Bonchev–Trinajstić information content (AvgIpc) is 2.88. The number of hydrogen-bond donors (Lipinski definition) is 1. The van der Waals surface area contributed by atoms with Crippen molar-refractivity contribution < 1.29 is 28.6 Å². The summed E-state index contributed by atoms with van der Waals surface area (Å²) in [4.78, 5) is 46.3. The second-order valence-electron chi connectivity index (χ2n) is 9.37. The molecule has 0 saturated heterocycles. The van der Waals surface area contributed by atoms with Crippen LogP contribution in [0.5, 0.6) is 5.75 Å². The highest BCUT2D eigenvalue weighted by molar-refractivity contribution is 5.99. The Bertz CT molecular complexity index is 1080.